The van der Waals surface area contributed by atoms with E-state index < -0.39 is 11.6 Å². The summed E-state index contributed by atoms with van der Waals surface area (Å²) in [5.74, 6) is 0.0339. The molecule has 0 fully saturated rings. The SMILES string of the molecule is CC(C)(C)OC(=O)c1ccc(-c2ccc(N)nc2)cn1. The maximum absolute atomic E-state index is 11.8. The van der Waals surface area contributed by atoms with Crippen molar-refractivity contribution < 1.29 is 9.53 Å². The lowest BCUT2D eigenvalue weighted by Crippen LogP contribution is -2.24. The molecule has 0 amide bonds. The zero-order chi connectivity index (χ0) is 14.8. The first-order valence-electron chi connectivity index (χ1n) is 6.26. The van der Waals surface area contributed by atoms with Gasteiger partial charge in [-0.2, -0.15) is 0 Å². The first-order chi connectivity index (χ1) is 9.35. The fourth-order valence-electron chi connectivity index (χ4n) is 1.59. The van der Waals surface area contributed by atoms with Gasteiger partial charge in [-0.1, -0.05) is 6.07 Å². The summed E-state index contributed by atoms with van der Waals surface area (Å²) in [6, 6.07) is 7.02. The Kier molecular flexibility index (Phi) is 3.70. The van der Waals surface area contributed by atoms with E-state index in [0.29, 0.717) is 5.82 Å². The Morgan fingerprint density at radius 2 is 1.65 bits per heavy atom. The Morgan fingerprint density at radius 1 is 1.05 bits per heavy atom. The molecule has 0 atom stereocenters. The molecule has 2 heterocycles. The van der Waals surface area contributed by atoms with Crippen LogP contribution in [-0.2, 0) is 4.74 Å². The van der Waals surface area contributed by atoms with Crippen molar-refractivity contribution in [2.24, 2.45) is 0 Å². The predicted octanol–water partition coefficient (Wildman–Crippen LogP) is 2.68. The smallest absolute Gasteiger partial charge is 0.357 e. The molecule has 20 heavy (non-hydrogen) atoms. The Hall–Kier alpha value is -2.43. The number of rotatable bonds is 2. The van der Waals surface area contributed by atoms with Gasteiger partial charge in [0.15, 0.2) is 0 Å². The molecule has 0 saturated carbocycles. The average Bonchev–Trinajstić information content (AvgIpc) is 2.38. The van der Waals surface area contributed by atoms with Crippen molar-refractivity contribution in [2.75, 3.05) is 5.73 Å². The van der Waals surface area contributed by atoms with Gasteiger partial charge in [0.05, 0.1) is 0 Å². The number of hydrogen-bond donors (Lipinski definition) is 1. The minimum absolute atomic E-state index is 0.284. The third-order valence-electron chi connectivity index (χ3n) is 2.49. The largest absolute Gasteiger partial charge is 0.455 e. The van der Waals surface area contributed by atoms with Crippen LogP contribution in [0.1, 0.15) is 31.3 Å². The van der Waals surface area contributed by atoms with Crippen molar-refractivity contribution in [3.63, 3.8) is 0 Å². The van der Waals surface area contributed by atoms with Crippen LogP contribution in [0.2, 0.25) is 0 Å². The maximum atomic E-state index is 11.8. The zero-order valence-corrected chi connectivity index (χ0v) is 11.8. The van der Waals surface area contributed by atoms with E-state index in [1.54, 1.807) is 30.6 Å². The van der Waals surface area contributed by atoms with Crippen LogP contribution in [0.3, 0.4) is 0 Å². The molecule has 2 aromatic heterocycles. The van der Waals surface area contributed by atoms with Crippen LogP contribution < -0.4 is 5.73 Å². The summed E-state index contributed by atoms with van der Waals surface area (Å²) in [6.07, 6.45) is 3.28. The van der Waals surface area contributed by atoms with Crippen LogP contribution in [-0.4, -0.2) is 21.5 Å². The molecule has 5 nitrogen and oxygen atoms in total. The van der Waals surface area contributed by atoms with Gasteiger partial charge in [0.2, 0.25) is 0 Å². The van der Waals surface area contributed by atoms with Crippen molar-refractivity contribution in [1.82, 2.24) is 9.97 Å². The Bertz CT molecular complexity index is 599. The van der Waals surface area contributed by atoms with Crippen LogP contribution >= 0.6 is 0 Å². The normalized spacial score (nSPS) is 11.2. The average molecular weight is 271 g/mol. The van der Waals surface area contributed by atoms with E-state index >= 15 is 0 Å². The van der Waals surface area contributed by atoms with Gasteiger partial charge >= 0.3 is 5.97 Å². The summed E-state index contributed by atoms with van der Waals surface area (Å²) < 4.78 is 5.25. The number of anilines is 1. The number of ether oxygens (including phenoxy) is 1. The number of aromatic nitrogens is 2. The molecule has 0 spiro atoms. The van der Waals surface area contributed by atoms with Crippen molar-refractivity contribution in [1.29, 1.82) is 0 Å². The quantitative estimate of drug-likeness (QED) is 0.849. The molecule has 104 valence electrons. The highest BCUT2D eigenvalue weighted by Gasteiger charge is 2.18. The van der Waals surface area contributed by atoms with E-state index in [4.69, 9.17) is 10.5 Å². The molecule has 2 N–H and O–H groups in total. The standard InChI is InChI=1S/C15H17N3O2/c1-15(2,3)20-14(19)12-6-4-10(8-17-12)11-5-7-13(16)18-9-11/h4-9H,1-3H3,(H2,16,18). The van der Waals surface area contributed by atoms with Crippen LogP contribution in [0.4, 0.5) is 5.82 Å². The number of esters is 1. The molecule has 2 aromatic rings. The van der Waals surface area contributed by atoms with Crippen molar-refractivity contribution in [3.8, 4) is 11.1 Å². The molecule has 0 unspecified atom stereocenters. The molecule has 2 rings (SSSR count). The van der Waals surface area contributed by atoms with E-state index in [0.717, 1.165) is 11.1 Å². The second-order valence-corrected chi connectivity index (χ2v) is 5.41. The van der Waals surface area contributed by atoms with Gasteiger partial charge in [0, 0.05) is 23.5 Å². The van der Waals surface area contributed by atoms with Gasteiger partial charge in [0.25, 0.3) is 0 Å². The summed E-state index contributed by atoms with van der Waals surface area (Å²) in [5.41, 5.74) is 7.05. The fraction of sp³-hybridized carbons (Fsp3) is 0.267. The van der Waals surface area contributed by atoms with E-state index in [9.17, 15) is 4.79 Å². The summed E-state index contributed by atoms with van der Waals surface area (Å²) in [4.78, 5) is 20.0. The molecule has 0 radical (unpaired) electrons. The van der Waals surface area contributed by atoms with Crippen molar-refractivity contribution >= 4 is 11.8 Å². The van der Waals surface area contributed by atoms with Crippen LogP contribution in [0, 0.1) is 0 Å². The van der Waals surface area contributed by atoms with Gasteiger partial charge in [-0.15, -0.1) is 0 Å². The fourth-order valence-corrected chi connectivity index (χ4v) is 1.59. The Labute approximate surface area is 117 Å². The number of nitrogens with zero attached hydrogens (tertiary/aromatic N) is 2. The topological polar surface area (TPSA) is 78.1 Å². The molecule has 0 aliphatic carbocycles. The predicted molar refractivity (Wildman–Crippen MR) is 77.0 cm³/mol. The minimum atomic E-state index is -0.529. The van der Waals surface area contributed by atoms with E-state index in [1.165, 1.54) is 0 Å². The van der Waals surface area contributed by atoms with Crippen molar-refractivity contribution in [3.05, 3.63) is 42.4 Å². The molecule has 0 aromatic carbocycles. The lowest BCUT2D eigenvalue weighted by Gasteiger charge is -2.19. The molecule has 0 saturated heterocycles. The highest BCUT2D eigenvalue weighted by molar-refractivity contribution is 5.88. The van der Waals surface area contributed by atoms with Gasteiger partial charge in [-0.3, -0.25) is 0 Å². The maximum Gasteiger partial charge on any atom is 0.357 e. The number of carbonyl (C=O) groups excluding carboxylic acids is 1. The van der Waals surface area contributed by atoms with E-state index in [-0.39, 0.29) is 5.69 Å². The first kappa shape index (κ1) is 14.0. The third-order valence-corrected chi connectivity index (χ3v) is 2.49. The monoisotopic (exact) mass is 271 g/mol. The van der Waals surface area contributed by atoms with E-state index in [1.807, 2.05) is 26.8 Å². The summed E-state index contributed by atoms with van der Waals surface area (Å²) in [6.45, 7) is 5.46. The van der Waals surface area contributed by atoms with Crippen LogP contribution in [0.5, 0.6) is 0 Å². The second-order valence-electron chi connectivity index (χ2n) is 5.41. The summed E-state index contributed by atoms with van der Waals surface area (Å²) >= 11 is 0. The molecule has 0 aliphatic heterocycles. The highest BCUT2D eigenvalue weighted by atomic mass is 16.6. The third kappa shape index (κ3) is 3.54. The highest BCUT2D eigenvalue weighted by Crippen LogP contribution is 2.19. The lowest BCUT2D eigenvalue weighted by molar-refractivity contribution is 0.00629. The molecule has 5 heteroatoms. The first-order valence-corrected chi connectivity index (χ1v) is 6.26. The van der Waals surface area contributed by atoms with Gasteiger partial charge in [-0.25, -0.2) is 14.8 Å². The minimum Gasteiger partial charge on any atom is -0.455 e. The number of nitrogens with two attached hydrogens (primary N) is 1. The second kappa shape index (κ2) is 5.28. The lowest BCUT2D eigenvalue weighted by atomic mass is 10.1. The number of pyridine rings is 2. The molecule has 0 bridgehead atoms. The molecular weight excluding hydrogens is 254 g/mol. The molecular formula is C15H17N3O2. The van der Waals surface area contributed by atoms with Crippen molar-refractivity contribution in [2.45, 2.75) is 26.4 Å². The van der Waals surface area contributed by atoms with Gasteiger partial charge in [0.1, 0.15) is 17.1 Å². The van der Waals surface area contributed by atoms with Gasteiger partial charge in [-0.05, 0) is 39.0 Å². The Morgan fingerprint density at radius 3 is 2.10 bits per heavy atom. The molecule has 0 aliphatic rings. The number of nitrogen functional groups attached to an aromatic ring is 1. The van der Waals surface area contributed by atoms with Crippen LogP contribution in [0.15, 0.2) is 36.7 Å². The summed E-state index contributed by atoms with van der Waals surface area (Å²) in [7, 11) is 0. The number of hydrogen-bond acceptors (Lipinski definition) is 5. The van der Waals surface area contributed by atoms with E-state index in [2.05, 4.69) is 9.97 Å². The van der Waals surface area contributed by atoms with Crippen LogP contribution in [0.25, 0.3) is 11.1 Å². The Balaban J connectivity index is 2.18. The van der Waals surface area contributed by atoms with Gasteiger partial charge < -0.3 is 10.5 Å². The summed E-state index contributed by atoms with van der Waals surface area (Å²) in [5, 5.41) is 0. The zero-order valence-electron chi connectivity index (χ0n) is 11.8. The number of carbonyl (C=O) groups is 1.